The van der Waals surface area contributed by atoms with Crippen molar-refractivity contribution < 1.29 is 33.8 Å². The van der Waals surface area contributed by atoms with E-state index in [1.54, 1.807) is 0 Å². The van der Waals surface area contributed by atoms with E-state index >= 15 is 0 Å². The van der Waals surface area contributed by atoms with Crippen molar-refractivity contribution in [2.45, 2.75) is 12.5 Å². The average molecular weight is 379 g/mol. The van der Waals surface area contributed by atoms with Crippen LogP contribution in [0.25, 0.3) is 0 Å². The van der Waals surface area contributed by atoms with Gasteiger partial charge in [-0.15, -0.1) is 0 Å². The molecule has 1 aliphatic rings. The summed E-state index contributed by atoms with van der Waals surface area (Å²) in [7, 11) is 2.38. The van der Waals surface area contributed by atoms with Gasteiger partial charge in [0.2, 0.25) is 5.91 Å². The van der Waals surface area contributed by atoms with E-state index in [0.717, 1.165) is 0 Å². The largest absolute Gasteiger partial charge is 0.465 e. The first kappa shape index (κ1) is 20.2. The number of methoxy groups -OCH3 is 2. The van der Waals surface area contributed by atoms with Gasteiger partial charge in [0.05, 0.1) is 25.3 Å². The molecule has 10 heteroatoms. The first-order valence-corrected chi connectivity index (χ1v) is 8.19. The van der Waals surface area contributed by atoms with Crippen molar-refractivity contribution in [1.82, 2.24) is 10.2 Å². The molecule has 0 aromatic heterocycles. The van der Waals surface area contributed by atoms with Gasteiger partial charge in [0, 0.05) is 25.4 Å². The molecule has 1 aliphatic heterocycles. The van der Waals surface area contributed by atoms with Gasteiger partial charge in [-0.05, 0) is 24.6 Å². The van der Waals surface area contributed by atoms with Crippen LogP contribution in [0.15, 0.2) is 18.2 Å². The lowest BCUT2D eigenvalue weighted by Gasteiger charge is -2.34. The quantitative estimate of drug-likeness (QED) is 0.612. The Kier molecular flexibility index (Phi) is 6.72. The summed E-state index contributed by atoms with van der Waals surface area (Å²) in [6.45, 7) is 0.277. The van der Waals surface area contributed by atoms with Crippen LogP contribution < -0.4 is 10.6 Å². The minimum absolute atomic E-state index is 0.0546. The Hall–Kier alpha value is -3.14. The number of anilines is 1. The van der Waals surface area contributed by atoms with Crippen molar-refractivity contribution in [1.29, 1.82) is 0 Å². The summed E-state index contributed by atoms with van der Waals surface area (Å²) in [5.74, 6) is -1.73. The average Bonchev–Trinajstić information content (AvgIpc) is 2.67. The fraction of sp³-hybridized carbons (Fsp3) is 0.412. The molecular weight excluding hydrogens is 358 g/mol. The van der Waals surface area contributed by atoms with E-state index in [1.165, 1.54) is 37.3 Å². The standard InChI is InChI=1S/C17H21N3O7/c1-26-15(23)10-7-11(16(24)27-2)9-12(8-10)19-17(25)20-5-4-18-14(22)13(20)3-6-21/h7-9,13,21H,3-6H2,1-2H3,(H,18,22)(H,19,25)/t13-/m0/s1. The lowest BCUT2D eigenvalue weighted by atomic mass is 10.1. The number of aliphatic hydroxyl groups is 1. The minimum Gasteiger partial charge on any atom is -0.465 e. The topological polar surface area (TPSA) is 134 Å². The Morgan fingerprint density at radius 1 is 1.19 bits per heavy atom. The molecule has 146 valence electrons. The highest BCUT2D eigenvalue weighted by Gasteiger charge is 2.32. The fourth-order valence-corrected chi connectivity index (χ4v) is 2.73. The summed E-state index contributed by atoms with van der Waals surface area (Å²) < 4.78 is 9.30. The van der Waals surface area contributed by atoms with Crippen LogP contribution in [0.1, 0.15) is 27.1 Å². The Labute approximate surface area is 155 Å². The van der Waals surface area contributed by atoms with Gasteiger partial charge in [0.15, 0.2) is 0 Å². The minimum atomic E-state index is -0.812. The molecule has 2 rings (SSSR count). The number of aliphatic hydroxyl groups excluding tert-OH is 1. The van der Waals surface area contributed by atoms with E-state index in [1.807, 2.05) is 0 Å². The van der Waals surface area contributed by atoms with Gasteiger partial charge in [0.25, 0.3) is 0 Å². The maximum atomic E-state index is 12.6. The van der Waals surface area contributed by atoms with E-state index in [2.05, 4.69) is 20.1 Å². The second-order valence-electron chi connectivity index (χ2n) is 5.72. The zero-order chi connectivity index (χ0) is 20.0. The monoisotopic (exact) mass is 379 g/mol. The maximum absolute atomic E-state index is 12.6. The zero-order valence-corrected chi connectivity index (χ0v) is 15.0. The van der Waals surface area contributed by atoms with Gasteiger partial charge in [-0.1, -0.05) is 0 Å². The van der Waals surface area contributed by atoms with Gasteiger partial charge < -0.3 is 30.1 Å². The predicted molar refractivity (Wildman–Crippen MR) is 93.3 cm³/mol. The third-order valence-corrected chi connectivity index (χ3v) is 4.02. The Bertz CT molecular complexity index is 716. The third kappa shape index (κ3) is 4.73. The SMILES string of the molecule is COC(=O)c1cc(NC(=O)N2CCNC(=O)[C@@H]2CCO)cc(C(=O)OC)c1. The second kappa shape index (κ2) is 8.99. The van der Waals surface area contributed by atoms with Crippen LogP contribution in [0, 0.1) is 0 Å². The van der Waals surface area contributed by atoms with Crippen molar-refractivity contribution >= 4 is 29.6 Å². The Morgan fingerprint density at radius 2 is 1.78 bits per heavy atom. The number of piperazine rings is 1. The smallest absolute Gasteiger partial charge is 0.337 e. The van der Waals surface area contributed by atoms with Gasteiger partial charge >= 0.3 is 18.0 Å². The van der Waals surface area contributed by atoms with Gasteiger partial charge in [-0.3, -0.25) is 4.79 Å². The molecule has 10 nitrogen and oxygen atoms in total. The molecule has 1 aromatic rings. The number of hydrogen-bond acceptors (Lipinski definition) is 7. The van der Waals surface area contributed by atoms with E-state index < -0.39 is 24.0 Å². The number of esters is 2. The molecule has 1 heterocycles. The summed E-state index contributed by atoms with van der Waals surface area (Å²) >= 11 is 0. The summed E-state index contributed by atoms with van der Waals surface area (Å²) in [5.41, 5.74) is 0.273. The highest BCUT2D eigenvalue weighted by atomic mass is 16.5. The highest BCUT2D eigenvalue weighted by molar-refractivity contribution is 6.00. The molecule has 3 N–H and O–H groups in total. The summed E-state index contributed by atoms with van der Waals surface area (Å²) in [6, 6.07) is 2.58. The number of carbonyl (C=O) groups is 4. The molecule has 1 atom stereocenters. The normalized spacial score (nSPS) is 16.3. The van der Waals surface area contributed by atoms with Crippen molar-refractivity contribution in [3.63, 3.8) is 0 Å². The van der Waals surface area contributed by atoms with E-state index in [9.17, 15) is 19.2 Å². The number of nitrogens with zero attached hydrogens (tertiary/aromatic N) is 1. The Morgan fingerprint density at radius 3 is 2.30 bits per heavy atom. The second-order valence-corrected chi connectivity index (χ2v) is 5.72. The fourth-order valence-electron chi connectivity index (χ4n) is 2.73. The molecule has 1 aromatic carbocycles. The molecule has 0 bridgehead atoms. The number of hydrogen-bond donors (Lipinski definition) is 3. The zero-order valence-electron chi connectivity index (χ0n) is 15.0. The molecule has 0 saturated carbocycles. The molecule has 0 radical (unpaired) electrons. The number of amides is 3. The maximum Gasteiger partial charge on any atom is 0.337 e. The molecule has 1 saturated heterocycles. The van der Waals surface area contributed by atoms with Crippen LogP contribution in [0.4, 0.5) is 10.5 Å². The van der Waals surface area contributed by atoms with Gasteiger partial charge in [-0.2, -0.15) is 0 Å². The number of urea groups is 1. The van der Waals surface area contributed by atoms with Crippen LogP contribution in [-0.2, 0) is 14.3 Å². The summed E-state index contributed by atoms with van der Waals surface area (Å²) in [6.07, 6.45) is 0.0921. The summed E-state index contributed by atoms with van der Waals surface area (Å²) in [5, 5.41) is 14.3. The molecule has 0 unspecified atom stereocenters. The van der Waals surface area contributed by atoms with E-state index in [0.29, 0.717) is 0 Å². The highest BCUT2D eigenvalue weighted by Crippen LogP contribution is 2.19. The molecule has 3 amide bonds. The van der Waals surface area contributed by atoms with E-state index in [4.69, 9.17) is 5.11 Å². The van der Waals surface area contributed by atoms with Gasteiger partial charge in [-0.25, -0.2) is 14.4 Å². The molecular formula is C17H21N3O7. The number of carbonyl (C=O) groups excluding carboxylic acids is 4. The lowest BCUT2D eigenvalue weighted by molar-refractivity contribution is -0.128. The third-order valence-electron chi connectivity index (χ3n) is 4.02. The first-order chi connectivity index (χ1) is 12.9. The number of ether oxygens (including phenoxy) is 2. The number of nitrogens with one attached hydrogen (secondary N) is 2. The van der Waals surface area contributed by atoms with Crippen LogP contribution in [0.2, 0.25) is 0 Å². The van der Waals surface area contributed by atoms with Crippen LogP contribution in [0.5, 0.6) is 0 Å². The molecule has 0 aliphatic carbocycles. The summed E-state index contributed by atoms with van der Waals surface area (Å²) in [4.78, 5) is 49.5. The lowest BCUT2D eigenvalue weighted by Crippen LogP contribution is -2.58. The Balaban J connectivity index is 2.28. The van der Waals surface area contributed by atoms with Crippen LogP contribution in [0.3, 0.4) is 0 Å². The number of rotatable bonds is 5. The van der Waals surface area contributed by atoms with Crippen molar-refractivity contribution in [2.75, 3.05) is 39.2 Å². The number of benzene rings is 1. The molecule has 27 heavy (non-hydrogen) atoms. The van der Waals surface area contributed by atoms with Crippen LogP contribution >= 0.6 is 0 Å². The van der Waals surface area contributed by atoms with Gasteiger partial charge in [0.1, 0.15) is 6.04 Å². The van der Waals surface area contributed by atoms with Crippen LogP contribution in [-0.4, -0.2) is 73.8 Å². The first-order valence-electron chi connectivity index (χ1n) is 8.19. The van der Waals surface area contributed by atoms with Crippen molar-refractivity contribution in [3.05, 3.63) is 29.3 Å². The predicted octanol–water partition coefficient (Wildman–Crippen LogP) is -0.0255. The molecule has 0 spiro atoms. The van der Waals surface area contributed by atoms with E-state index in [-0.39, 0.29) is 48.8 Å². The van der Waals surface area contributed by atoms with Crippen molar-refractivity contribution in [3.8, 4) is 0 Å². The molecule has 1 fully saturated rings. The van der Waals surface area contributed by atoms with Crippen molar-refractivity contribution in [2.24, 2.45) is 0 Å².